The van der Waals surface area contributed by atoms with E-state index in [0.717, 1.165) is 16.4 Å². The molecule has 0 unspecified atom stereocenters. The number of hydrogen-bond donors (Lipinski definition) is 0. The van der Waals surface area contributed by atoms with Crippen molar-refractivity contribution < 1.29 is 9.21 Å². The summed E-state index contributed by atoms with van der Waals surface area (Å²) in [5, 5.41) is 0. The first kappa shape index (κ1) is 9.98. The lowest BCUT2D eigenvalue weighted by atomic mass is 10.4. The van der Waals surface area contributed by atoms with Gasteiger partial charge in [0.05, 0.1) is 5.75 Å². The van der Waals surface area contributed by atoms with Gasteiger partial charge in [0.1, 0.15) is 5.76 Å². The van der Waals surface area contributed by atoms with Crippen LogP contribution in [-0.4, -0.2) is 11.3 Å². The molecule has 0 aliphatic carbocycles. The first-order valence-electron chi connectivity index (χ1n) is 4.45. The molecule has 2 aromatic heterocycles. The minimum absolute atomic E-state index is 0.375. The van der Waals surface area contributed by atoms with Crippen LogP contribution in [0.15, 0.2) is 46.0 Å². The van der Waals surface area contributed by atoms with Crippen molar-refractivity contribution in [3.63, 3.8) is 0 Å². The van der Waals surface area contributed by atoms with Crippen molar-refractivity contribution in [2.24, 2.45) is 0 Å². The highest BCUT2D eigenvalue weighted by atomic mass is 32.2. The monoisotopic (exact) mass is 219 g/mol. The van der Waals surface area contributed by atoms with Gasteiger partial charge in [0.2, 0.25) is 0 Å². The van der Waals surface area contributed by atoms with Crippen molar-refractivity contribution >= 4 is 18.0 Å². The molecule has 0 aliphatic heterocycles. The van der Waals surface area contributed by atoms with Gasteiger partial charge in [-0.05, 0) is 24.3 Å². The van der Waals surface area contributed by atoms with E-state index in [4.69, 9.17) is 4.42 Å². The van der Waals surface area contributed by atoms with E-state index in [1.807, 2.05) is 18.2 Å². The number of rotatable bonds is 4. The maximum atomic E-state index is 10.4. The Labute approximate surface area is 91.5 Å². The summed E-state index contributed by atoms with van der Waals surface area (Å²) in [5.74, 6) is 1.90. The molecule has 0 bridgehead atoms. The number of carbonyl (C=O) groups excluding carboxylic acids is 1. The van der Waals surface area contributed by atoms with Crippen LogP contribution in [0.3, 0.4) is 0 Å². The second kappa shape index (κ2) is 4.79. The number of pyridine rings is 1. The maximum Gasteiger partial charge on any atom is 0.185 e. The van der Waals surface area contributed by atoms with Crippen molar-refractivity contribution in [2.75, 3.05) is 0 Å². The van der Waals surface area contributed by atoms with Gasteiger partial charge in [-0.3, -0.25) is 9.78 Å². The fourth-order valence-electron chi connectivity index (χ4n) is 1.12. The molecule has 3 nitrogen and oxygen atoms in total. The third-order valence-electron chi connectivity index (χ3n) is 1.83. The number of carbonyl (C=O) groups is 1. The summed E-state index contributed by atoms with van der Waals surface area (Å²) >= 11 is 1.65. The SMILES string of the molecule is O=Cc1ccc(CSc2ccncc2)o1. The summed E-state index contributed by atoms with van der Waals surface area (Å²) < 4.78 is 5.25. The van der Waals surface area contributed by atoms with E-state index < -0.39 is 0 Å². The van der Waals surface area contributed by atoms with E-state index in [9.17, 15) is 4.79 Å². The van der Waals surface area contributed by atoms with Crippen LogP contribution in [0.2, 0.25) is 0 Å². The largest absolute Gasteiger partial charge is 0.457 e. The van der Waals surface area contributed by atoms with Gasteiger partial charge in [0, 0.05) is 17.3 Å². The lowest BCUT2D eigenvalue weighted by Gasteiger charge is -1.97. The summed E-state index contributed by atoms with van der Waals surface area (Å²) in [5.41, 5.74) is 0. The van der Waals surface area contributed by atoms with Crippen molar-refractivity contribution in [3.05, 3.63) is 48.2 Å². The van der Waals surface area contributed by atoms with Gasteiger partial charge in [0.15, 0.2) is 12.0 Å². The van der Waals surface area contributed by atoms with E-state index in [2.05, 4.69) is 4.98 Å². The zero-order valence-electron chi connectivity index (χ0n) is 7.92. The number of aldehydes is 1. The Morgan fingerprint density at radius 1 is 1.27 bits per heavy atom. The molecule has 0 radical (unpaired) electrons. The van der Waals surface area contributed by atoms with E-state index in [-0.39, 0.29) is 0 Å². The maximum absolute atomic E-state index is 10.4. The van der Waals surface area contributed by atoms with Gasteiger partial charge in [-0.2, -0.15) is 0 Å². The Kier molecular flexibility index (Phi) is 3.19. The molecule has 76 valence electrons. The molecule has 0 atom stereocenters. The fraction of sp³-hybridized carbons (Fsp3) is 0.0909. The lowest BCUT2D eigenvalue weighted by molar-refractivity contribution is 0.109. The highest BCUT2D eigenvalue weighted by Crippen LogP contribution is 2.22. The van der Waals surface area contributed by atoms with Gasteiger partial charge >= 0.3 is 0 Å². The van der Waals surface area contributed by atoms with Crippen molar-refractivity contribution in [3.8, 4) is 0 Å². The van der Waals surface area contributed by atoms with Crippen LogP contribution in [0, 0.1) is 0 Å². The van der Waals surface area contributed by atoms with E-state index in [1.54, 1.807) is 30.2 Å². The summed E-state index contributed by atoms with van der Waals surface area (Å²) in [6, 6.07) is 7.37. The summed E-state index contributed by atoms with van der Waals surface area (Å²) in [4.78, 5) is 15.5. The Hall–Kier alpha value is -1.55. The van der Waals surface area contributed by atoms with Crippen LogP contribution in [0.4, 0.5) is 0 Å². The quantitative estimate of drug-likeness (QED) is 0.585. The first-order chi connectivity index (χ1) is 7.38. The molecule has 0 saturated heterocycles. The van der Waals surface area contributed by atoms with Crippen LogP contribution in [0.25, 0.3) is 0 Å². The van der Waals surface area contributed by atoms with Crippen LogP contribution >= 0.6 is 11.8 Å². The number of aromatic nitrogens is 1. The molecule has 0 amide bonds. The molecular formula is C11H9NO2S. The van der Waals surface area contributed by atoms with Crippen LogP contribution in [0.5, 0.6) is 0 Å². The molecule has 4 heteroatoms. The molecule has 2 rings (SSSR count). The summed E-state index contributed by atoms with van der Waals surface area (Å²) in [7, 11) is 0. The zero-order chi connectivity index (χ0) is 10.5. The molecule has 15 heavy (non-hydrogen) atoms. The molecular weight excluding hydrogens is 210 g/mol. The van der Waals surface area contributed by atoms with E-state index in [0.29, 0.717) is 12.0 Å². The summed E-state index contributed by atoms with van der Waals surface area (Å²) in [6.45, 7) is 0. The van der Waals surface area contributed by atoms with Gasteiger partial charge in [-0.1, -0.05) is 0 Å². The number of thioether (sulfide) groups is 1. The highest BCUT2D eigenvalue weighted by Gasteiger charge is 2.01. The number of furan rings is 1. The van der Waals surface area contributed by atoms with Crippen LogP contribution in [-0.2, 0) is 5.75 Å². The van der Waals surface area contributed by atoms with Crippen molar-refractivity contribution in [1.29, 1.82) is 0 Å². The smallest absolute Gasteiger partial charge is 0.185 e. The second-order valence-electron chi connectivity index (χ2n) is 2.89. The molecule has 0 aromatic carbocycles. The highest BCUT2D eigenvalue weighted by molar-refractivity contribution is 7.98. The van der Waals surface area contributed by atoms with Gasteiger partial charge in [0.25, 0.3) is 0 Å². The average molecular weight is 219 g/mol. The average Bonchev–Trinajstić information content (AvgIpc) is 2.76. The van der Waals surface area contributed by atoms with E-state index >= 15 is 0 Å². The molecule has 2 aromatic rings. The Balaban J connectivity index is 1.96. The molecule has 0 fully saturated rings. The predicted octanol–water partition coefficient (Wildman–Crippen LogP) is 2.78. The normalized spacial score (nSPS) is 10.1. The van der Waals surface area contributed by atoms with Crippen LogP contribution in [0.1, 0.15) is 16.3 Å². The molecule has 0 spiro atoms. The Morgan fingerprint density at radius 3 is 2.73 bits per heavy atom. The molecule has 0 saturated carbocycles. The minimum Gasteiger partial charge on any atom is -0.457 e. The summed E-state index contributed by atoms with van der Waals surface area (Å²) in [6.07, 6.45) is 4.21. The lowest BCUT2D eigenvalue weighted by Crippen LogP contribution is -1.77. The third kappa shape index (κ3) is 2.70. The van der Waals surface area contributed by atoms with Crippen molar-refractivity contribution in [2.45, 2.75) is 10.6 Å². The van der Waals surface area contributed by atoms with Gasteiger partial charge in [-0.25, -0.2) is 0 Å². The number of nitrogens with zero attached hydrogens (tertiary/aromatic N) is 1. The van der Waals surface area contributed by atoms with Gasteiger partial charge in [-0.15, -0.1) is 11.8 Å². The Bertz CT molecular complexity index is 439. The van der Waals surface area contributed by atoms with E-state index in [1.165, 1.54) is 0 Å². The standard InChI is InChI=1S/C11H9NO2S/c13-7-9-1-2-10(14-9)8-15-11-3-5-12-6-4-11/h1-7H,8H2. The topological polar surface area (TPSA) is 43.1 Å². The second-order valence-corrected chi connectivity index (χ2v) is 3.94. The number of hydrogen-bond acceptors (Lipinski definition) is 4. The molecule has 0 aliphatic rings. The molecule has 0 N–H and O–H groups in total. The van der Waals surface area contributed by atoms with Gasteiger partial charge < -0.3 is 4.42 Å². The predicted molar refractivity (Wildman–Crippen MR) is 57.9 cm³/mol. The Morgan fingerprint density at radius 2 is 2.07 bits per heavy atom. The first-order valence-corrected chi connectivity index (χ1v) is 5.44. The minimum atomic E-state index is 0.375. The van der Waals surface area contributed by atoms with Crippen molar-refractivity contribution in [1.82, 2.24) is 4.98 Å². The fourth-order valence-corrected chi connectivity index (χ4v) is 1.90. The molecule has 2 heterocycles. The van der Waals surface area contributed by atoms with Crippen LogP contribution < -0.4 is 0 Å². The zero-order valence-corrected chi connectivity index (χ0v) is 8.74. The third-order valence-corrected chi connectivity index (χ3v) is 2.86.